The molecule has 5 rings (SSSR count). The average Bonchev–Trinajstić information content (AvgIpc) is 3.30. The highest BCUT2D eigenvalue weighted by molar-refractivity contribution is 5.84. The number of halogens is 4. The van der Waals surface area contributed by atoms with Gasteiger partial charge in [0.05, 0.1) is 28.5 Å². The molecule has 1 aliphatic rings. The molecule has 0 amide bonds. The van der Waals surface area contributed by atoms with Gasteiger partial charge in [-0.3, -0.25) is 0 Å². The molecule has 1 aliphatic heterocycles. The van der Waals surface area contributed by atoms with E-state index in [4.69, 9.17) is 11.0 Å². The fraction of sp³-hybridized carbons (Fsp3) is 0.259. The molecule has 4 aromatic rings. The van der Waals surface area contributed by atoms with Crippen molar-refractivity contribution in [2.75, 3.05) is 23.7 Å². The molecule has 0 atom stereocenters. The van der Waals surface area contributed by atoms with Gasteiger partial charge < -0.3 is 15.2 Å². The molecule has 194 valence electrons. The second-order valence-electron chi connectivity index (χ2n) is 9.20. The summed E-state index contributed by atoms with van der Waals surface area (Å²) in [7, 11) is 1.81. The van der Waals surface area contributed by atoms with Crippen molar-refractivity contribution in [3.8, 4) is 28.5 Å². The Balaban J connectivity index is 1.36. The Morgan fingerprint density at radius 2 is 1.71 bits per heavy atom. The summed E-state index contributed by atoms with van der Waals surface area (Å²) in [5.41, 5.74) is 7.54. The van der Waals surface area contributed by atoms with Gasteiger partial charge in [-0.2, -0.15) is 18.4 Å². The Labute approximate surface area is 216 Å². The summed E-state index contributed by atoms with van der Waals surface area (Å²) < 4.78 is 55.1. The summed E-state index contributed by atoms with van der Waals surface area (Å²) in [6.07, 6.45) is -0.224. The molecule has 0 bridgehead atoms. The number of alkyl halides is 3. The van der Waals surface area contributed by atoms with Gasteiger partial charge in [-0.25, -0.2) is 19.3 Å². The van der Waals surface area contributed by atoms with E-state index in [9.17, 15) is 17.6 Å². The van der Waals surface area contributed by atoms with Crippen molar-refractivity contribution in [1.29, 1.82) is 5.26 Å². The normalized spacial score (nSPS) is 14.5. The number of nitrogen functional groups attached to an aromatic ring is 1. The number of hydrogen-bond donors (Lipinski definition) is 1. The first-order valence-corrected chi connectivity index (χ1v) is 11.9. The Kier molecular flexibility index (Phi) is 6.48. The van der Waals surface area contributed by atoms with Crippen molar-refractivity contribution in [3.63, 3.8) is 0 Å². The lowest BCUT2D eigenvalue weighted by molar-refractivity contribution is -0.139. The predicted octanol–water partition coefficient (Wildman–Crippen LogP) is 5.54. The van der Waals surface area contributed by atoms with E-state index in [1.807, 2.05) is 16.7 Å². The van der Waals surface area contributed by atoms with Gasteiger partial charge in [0, 0.05) is 37.8 Å². The number of aryl methyl sites for hydroxylation is 1. The number of anilines is 2. The molecule has 7 nitrogen and oxygen atoms in total. The number of imidazole rings is 1. The van der Waals surface area contributed by atoms with Crippen molar-refractivity contribution in [3.05, 3.63) is 77.8 Å². The maximum Gasteiger partial charge on any atom is 0.419 e. The third-order valence-electron chi connectivity index (χ3n) is 6.80. The van der Waals surface area contributed by atoms with Gasteiger partial charge in [-0.15, -0.1) is 0 Å². The average molecular weight is 522 g/mol. The second-order valence-corrected chi connectivity index (χ2v) is 9.20. The minimum Gasteiger partial charge on any atom is -0.383 e. The Bertz CT molecular complexity index is 1510. The van der Waals surface area contributed by atoms with Crippen molar-refractivity contribution in [1.82, 2.24) is 19.5 Å². The van der Waals surface area contributed by atoms with Crippen LogP contribution in [0.5, 0.6) is 0 Å². The lowest BCUT2D eigenvalue weighted by Gasteiger charge is -2.33. The fourth-order valence-corrected chi connectivity index (χ4v) is 4.87. The van der Waals surface area contributed by atoms with Crippen molar-refractivity contribution in [2.24, 2.45) is 7.05 Å². The molecule has 0 unspecified atom stereocenters. The van der Waals surface area contributed by atoms with Gasteiger partial charge in [-0.1, -0.05) is 12.1 Å². The van der Waals surface area contributed by atoms with Crippen LogP contribution in [0.4, 0.5) is 29.2 Å². The third kappa shape index (κ3) is 4.77. The second kappa shape index (κ2) is 9.78. The summed E-state index contributed by atoms with van der Waals surface area (Å²) in [5, 5.41) is 9.10. The molecule has 38 heavy (non-hydrogen) atoms. The summed E-state index contributed by atoms with van der Waals surface area (Å²) in [4.78, 5) is 15.4. The lowest BCUT2D eigenvalue weighted by atomic mass is 9.95. The van der Waals surface area contributed by atoms with Crippen LogP contribution in [0.15, 0.2) is 55.0 Å². The van der Waals surface area contributed by atoms with Crippen LogP contribution in [-0.2, 0) is 13.2 Å². The van der Waals surface area contributed by atoms with E-state index < -0.39 is 17.6 Å². The standard InChI is InChI=1S/C27H23F4N7/c1-37-14-22(19-6-7-21(28)20(12-19)27(29,30)31)36-25(37)18-8-10-38(11-9-18)26-23(24(33)34-15-35-26)17-4-2-16(13-32)3-5-17/h2-7,12,14-15,18H,8-11H2,1H3,(H2,33,34,35). The molecule has 11 heteroatoms. The highest BCUT2D eigenvalue weighted by atomic mass is 19.4. The number of nitrogens with zero attached hydrogens (tertiary/aromatic N) is 6. The van der Waals surface area contributed by atoms with E-state index in [1.165, 1.54) is 12.4 Å². The van der Waals surface area contributed by atoms with Crippen LogP contribution < -0.4 is 10.6 Å². The van der Waals surface area contributed by atoms with Gasteiger partial charge in [0.25, 0.3) is 0 Å². The molecule has 2 N–H and O–H groups in total. The number of nitrogens with two attached hydrogens (primary N) is 1. The largest absolute Gasteiger partial charge is 0.419 e. The molecule has 1 fully saturated rings. The SMILES string of the molecule is Cn1cc(-c2ccc(F)c(C(F)(F)F)c2)nc1C1CCN(c2ncnc(N)c2-c2ccc(C#N)cc2)CC1. The Morgan fingerprint density at radius 1 is 1.03 bits per heavy atom. The number of piperidine rings is 1. The quantitative estimate of drug-likeness (QED) is 0.354. The van der Waals surface area contributed by atoms with Crippen LogP contribution in [-0.4, -0.2) is 32.6 Å². The Morgan fingerprint density at radius 3 is 2.37 bits per heavy atom. The first kappa shape index (κ1) is 25.2. The monoisotopic (exact) mass is 521 g/mol. The number of rotatable bonds is 4. The van der Waals surface area contributed by atoms with E-state index in [0.717, 1.165) is 36.4 Å². The van der Waals surface area contributed by atoms with E-state index in [2.05, 4.69) is 25.9 Å². The summed E-state index contributed by atoms with van der Waals surface area (Å²) in [6, 6.07) is 12.1. The number of aromatic nitrogens is 4. The topological polar surface area (TPSA) is 96.7 Å². The van der Waals surface area contributed by atoms with Gasteiger partial charge in [0.2, 0.25) is 0 Å². The highest BCUT2D eigenvalue weighted by Gasteiger charge is 2.34. The number of hydrogen-bond acceptors (Lipinski definition) is 6. The van der Waals surface area contributed by atoms with E-state index in [0.29, 0.717) is 41.5 Å². The minimum atomic E-state index is -4.79. The number of nitriles is 1. The molecule has 0 radical (unpaired) electrons. The molecule has 0 aliphatic carbocycles. The van der Waals surface area contributed by atoms with Gasteiger partial charge in [-0.05, 0) is 48.7 Å². The van der Waals surface area contributed by atoms with Crippen LogP contribution in [0, 0.1) is 17.1 Å². The van der Waals surface area contributed by atoms with Crippen molar-refractivity contribution in [2.45, 2.75) is 24.9 Å². The van der Waals surface area contributed by atoms with E-state index >= 15 is 0 Å². The molecule has 2 aromatic carbocycles. The molecule has 3 heterocycles. The van der Waals surface area contributed by atoms with Crippen LogP contribution in [0.1, 0.15) is 35.7 Å². The summed E-state index contributed by atoms with van der Waals surface area (Å²) >= 11 is 0. The zero-order chi connectivity index (χ0) is 27.0. The van der Waals surface area contributed by atoms with E-state index in [-0.39, 0.29) is 11.5 Å². The zero-order valence-corrected chi connectivity index (χ0v) is 20.4. The van der Waals surface area contributed by atoms with Crippen LogP contribution in [0.2, 0.25) is 0 Å². The first-order chi connectivity index (χ1) is 18.2. The van der Waals surface area contributed by atoms with Gasteiger partial charge >= 0.3 is 6.18 Å². The van der Waals surface area contributed by atoms with Crippen LogP contribution in [0.3, 0.4) is 0 Å². The van der Waals surface area contributed by atoms with E-state index in [1.54, 1.807) is 25.4 Å². The maximum atomic E-state index is 13.7. The minimum absolute atomic E-state index is 0.0741. The van der Waals surface area contributed by atoms with Gasteiger partial charge in [0.15, 0.2) is 0 Å². The third-order valence-corrected chi connectivity index (χ3v) is 6.80. The molecule has 1 saturated heterocycles. The van der Waals surface area contributed by atoms with Crippen LogP contribution >= 0.6 is 0 Å². The lowest BCUT2D eigenvalue weighted by Crippen LogP contribution is -2.34. The maximum absolute atomic E-state index is 13.7. The number of benzene rings is 2. The predicted molar refractivity (Wildman–Crippen MR) is 134 cm³/mol. The van der Waals surface area contributed by atoms with Gasteiger partial charge in [0.1, 0.15) is 29.6 Å². The molecule has 0 spiro atoms. The highest BCUT2D eigenvalue weighted by Crippen LogP contribution is 2.38. The molecule has 2 aromatic heterocycles. The Hall–Kier alpha value is -4.46. The fourth-order valence-electron chi connectivity index (χ4n) is 4.87. The smallest absolute Gasteiger partial charge is 0.383 e. The van der Waals surface area contributed by atoms with Crippen molar-refractivity contribution < 1.29 is 17.6 Å². The molecule has 0 saturated carbocycles. The summed E-state index contributed by atoms with van der Waals surface area (Å²) in [5.74, 6) is 0.563. The molecular formula is C27H23F4N7. The zero-order valence-electron chi connectivity index (χ0n) is 20.4. The molecular weight excluding hydrogens is 498 g/mol. The van der Waals surface area contributed by atoms with Crippen molar-refractivity contribution >= 4 is 11.6 Å². The first-order valence-electron chi connectivity index (χ1n) is 11.9. The summed E-state index contributed by atoms with van der Waals surface area (Å²) in [6.45, 7) is 1.31. The van der Waals surface area contributed by atoms with Crippen LogP contribution in [0.25, 0.3) is 22.4 Å².